The number of rotatable bonds is 13. The Balaban J connectivity index is 4.58. The van der Waals surface area contributed by atoms with Crippen molar-refractivity contribution in [3.8, 4) is 0 Å². The second-order valence-electron chi connectivity index (χ2n) is 5.19. The predicted octanol–water partition coefficient (Wildman–Crippen LogP) is 4.64. The molecular formula is C16H32N2O2. The van der Waals surface area contributed by atoms with Gasteiger partial charge in [-0.2, -0.15) is 0 Å². The fourth-order valence-corrected chi connectivity index (χ4v) is 2.34. The lowest BCUT2D eigenvalue weighted by atomic mass is 9.85. The third kappa shape index (κ3) is 9.82. The zero-order valence-electron chi connectivity index (χ0n) is 13.7. The van der Waals surface area contributed by atoms with Crippen molar-refractivity contribution in [2.24, 2.45) is 22.1 Å². The second kappa shape index (κ2) is 14.4. The van der Waals surface area contributed by atoms with Gasteiger partial charge in [0.05, 0.1) is 0 Å². The fourth-order valence-electron chi connectivity index (χ4n) is 2.34. The zero-order valence-corrected chi connectivity index (χ0v) is 13.7. The van der Waals surface area contributed by atoms with E-state index in [2.05, 4.69) is 24.2 Å². The molecule has 4 nitrogen and oxygen atoms in total. The summed E-state index contributed by atoms with van der Waals surface area (Å²) >= 11 is 0. The molecule has 0 aliphatic rings. The van der Waals surface area contributed by atoms with Crippen LogP contribution < -0.4 is 0 Å². The molecule has 0 saturated carbocycles. The Morgan fingerprint density at radius 3 is 1.45 bits per heavy atom. The van der Waals surface area contributed by atoms with Crippen LogP contribution in [-0.4, -0.2) is 26.6 Å². The Hall–Kier alpha value is -1.06. The molecule has 0 spiro atoms. The highest BCUT2D eigenvalue weighted by Gasteiger charge is 2.18. The molecule has 0 aromatic carbocycles. The van der Waals surface area contributed by atoms with Crippen molar-refractivity contribution in [1.82, 2.24) is 0 Å². The normalized spacial score (nSPS) is 14.8. The van der Waals surface area contributed by atoms with Crippen LogP contribution in [0.25, 0.3) is 0 Å². The Kier molecular flexibility index (Phi) is 13.6. The van der Waals surface area contributed by atoms with Gasteiger partial charge in [-0.05, 0) is 12.8 Å². The molecule has 2 atom stereocenters. The molecule has 118 valence electrons. The molecule has 0 aromatic rings. The van der Waals surface area contributed by atoms with E-state index in [1.807, 2.05) is 12.4 Å². The van der Waals surface area contributed by atoms with E-state index in [1.165, 1.54) is 38.5 Å². The molecule has 0 fully saturated rings. The highest BCUT2D eigenvalue weighted by atomic mass is 16.6. The molecule has 0 N–H and O–H groups in total. The van der Waals surface area contributed by atoms with Gasteiger partial charge < -0.3 is 9.68 Å². The largest absolute Gasteiger partial charge is 0.399 e. The monoisotopic (exact) mass is 284 g/mol. The van der Waals surface area contributed by atoms with Crippen molar-refractivity contribution in [3.63, 3.8) is 0 Å². The van der Waals surface area contributed by atoms with E-state index in [-0.39, 0.29) is 0 Å². The predicted molar refractivity (Wildman–Crippen MR) is 86.3 cm³/mol. The Morgan fingerprint density at radius 2 is 1.15 bits per heavy atom. The maximum absolute atomic E-state index is 4.85. The van der Waals surface area contributed by atoms with Gasteiger partial charge >= 0.3 is 0 Å². The van der Waals surface area contributed by atoms with Crippen LogP contribution in [0.1, 0.15) is 65.2 Å². The zero-order chi connectivity index (χ0) is 15.1. The number of hydrogen-bond donors (Lipinski definition) is 0. The van der Waals surface area contributed by atoms with Crippen LogP contribution in [0, 0.1) is 11.8 Å². The van der Waals surface area contributed by atoms with Crippen LogP contribution >= 0.6 is 0 Å². The molecule has 20 heavy (non-hydrogen) atoms. The lowest BCUT2D eigenvalue weighted by Crippen LogP contribution is -2.18. The van der Waals surface area contributed by atoms with Crippen molar-refractivity contribution in [3.05, 3.63) is 0 Å². The lowest BCUT2D eigenvalue weighted by Gasteiger charge is -2.20. The summed E-state index contributed by atoms with van der Waals surface area (Å²) < 4.78 is 0. The molecule has 0 aliphatic heterocycles. The minimum atomic E-state index is 0.386. The van der Waals surface area contributed by atoms with Crippen molar-refractivity contribution in [2.45, 2.75) is 65.2 Å². The summed E-state index contributed by atoms with van der Waals surface area (Å²) in [5.41, 5.74) is 0. The van der Waals surface area contributed by atoms with Gasteiger partial charge in [-0.15, -0.1) is 0 Å². The molecule has 4 heteroatoms. The lowest BCUT2D eigenvalue weighted by molar-refractivity contribution is 0.208. The Bertz CT molecular complexity index is 229. The van der Waals surface area contributed by atoms with Gasteiger partial charge in [0.25, 0.3) is 0 Å². The third-order valence-electron chi connectivity index (χ3n) is 3.55. The first kappa shape index (κ1) is 18.9. The van der Waals surface area contributed by atoms with Crippen LogP contribution in [0.15, 0.2) is 10.3 Å². The maximum Gasteiger partial charge on any atom is 0.106 e. The Labute approximate surface area is 124 Å². The highest BCUT2D eigenvalue weighted by Crippen LogP contribution is 2.22. The molecule has 0 rings (SSSR count). The van der Waals surface area contributed by atoms with E-state index < -0.39 is 0 Å². The van der Waals surface area contributed by atoms with Crippen LogP contribution in [0.2, 0.25) is 0 Å². The van der Waals surface area contributed by atoms with Gasteiger partial charge in [0.15, 0.2) is 0 Å². The highest BCUT2D eigenvalue weighted by molar-refractivity contribution is 5.70. The molecule has 0 heterocycles. The quantitative estimate of drug-likeness (QED) is 0.281. The summed E-state index contributed by atoms with van der Waals surface area (Å²) in [7, 11) is 3.18. The molecule has 0 saturated heterocycles. The molecule has 2 unspecified atom stereocenters. The van der Waals surface area contributed by atoms with E-state index in [4.69, 9.17) is 9.68 Å². The number of hydrogen-bond acceptors (Lipinski definition) is 4. The SMILES string of the molecule is CCCCCC(/C=N/OC)C(/C=N/OC)CCCCC. The molecule has 0 bridgehead atoms. The Morgan fingerprint density at radius 1 is 0.750 bits per heavy atom. The van der Waals surface area contributed by atoms with Crippen molar-refractivity contribution < 1.29 is 9.68 Å². The van der Waals surface area contributed by atoms with Crippen LogP contribution in [0.4, 0.5) is 0 Å². The summed E-state index contributed by atoms with van der Waals surface area (Å²) in [6.07, 6.45) is 13.6. The topological polar surface area (TPSA) is 43.2 Å². The van der Waals surface area contributed by atoms with Gasteiger partial charge in [0.2, 0.25) is 0 Å². The number of oxime groups is 2. The van der Waals surface area contributed by atoms with E-state index in [0.717, 1.165) is 12.8 Å². The molecule has 0 amide bonds. The standard InChI is InChI=1S/C16H32N2O2/c1-5-7-9-11-15(13-17-19-3)16(14-18-20-4)12-10-8-6-2/h13-16H,5-12H2,1-4H3/b17-13+,18-14+. The number of nitrogens with zero attached hydrogens (tertiary/aromatic N) is 2. The first-order chi connectivity index (χ1) is 9.79. The van der Waals surface area contributed by atoms with Crippen molar-refractivity contribution in [2.75, 3.05) is 14.2 Å². The van der Waals surface area contributed by atoms with Gasteiger partial charge in [-0.3, -0.25) is 0 Å². The first-order valence-electron chi connectivity index (χ1n) is 7.93. The summed E-state index contributed by atoms with van der Waals surface area (Å²) in [5.74, 6) is 0.773. The van der Waals surface area contributed by atoms with Gasteiger partial charge in [0, 0.05) is 24.3 Å². The summed E-state index contributed by atoms with van der Waals surface area (Å²) in [6, 6.07) is 0. The first-order valence-corrected chi connectivity index (χ1v) is 7.93. The van der Waals surface area contributed by atoms with E-state index in [1.54, 1.807) is 14.2 Å². The van der Waals surface area contributed by atoms with Gasteiger partial charge in [-0.25, -0.2) is 0 Å². The van der Waals surface area contributed by atoms with Crippen molar-refractivity contribution in [1.29, 1.82) is 0 Å². The summed E-state index contributed by atoms with van der Waals surface area (Å²) in [5, 5.41) is 7.96. The van der Waals surface area contributed by atoms with E-state index >= 15 is 0 Å². The average molecular weight is 284 g/mol. The fraction of sp³-hybridized carbons (Fsp3) is 0.875. The number of unbranched alkanes of at least 4 members (excludes halogenated alkanes) is 4. The summed E-state index contributed by atoms with van der Waals surface area (Å²) in [6.45, 7) is 4.45. The molecule has 0 aliphatic carbocycles. The molecule has 0 radical (unpaired) electrons. The van der Waals surface area contributed by atoms with Crippen LogP contribution in [0.3, 0.4) is 0 Å². The minimum Gasteiger partial charge on any atom is -0.399 e. The van der Waals surface area contributed by atoms with Crippen LogP contribution in [-0.2, 0) is 9.68 Å². The third-order valence-corrected chi connectivity index (χ3v) is 3.55. The van der Waals surface area contributed by atoms with Gasteiger partial charge in [0.1, 0.15) is 14.2 Å². The van der Waals surface area contributed by atoms with Crippen LogP contribution in [0.5, 0.6) is 0 Å². The van der Waals surface area contributed by atoms with Crippen molar-refractivity contribution >= 4 is 12.4 Å². The van der Waals surface area contributed by atoms with E-state index in [0.29, 0.717) is 11.8 Å². The second-order valence-corrected chi connectivity index (χ2v) is 5.19. The van der Waals surface area contributed by atoms with Gasteiger partial charge in [-0.1, -0.05) is 62.7 Å². The molecule has 0 aromatic heterocycles. The summed E-state index contributed by atoms with van der Waals surface area (Å²) in [4.78, 5) is 9.71. The molecular weight excluding hydrogens is 252 g/mol. The average Bonchev–Trinajstić information content (AvgIpc) is 2.47. The smallest absolute Gasteiger partial charge is 0.106 e. The maximum atomic E-state index is 4.85. The van der Waals surface area contributed by atoms with E-state index in [9.17, 15) is 0 Å². The minimum absolute atomic E-state index is 0.386.